The Balaban J connectivity index is 1.39. The molecule has 6 nitrogen and oxygen atoms in total. The molecule has 2 N–H and O–H groups in total. The van der Waals surface area contributed by atoms with Crippen LogP contribution in [-0.4, -0.2) is 25.6 Å². The molecule has 0 spiro atoms. The third kappa shape index (κ3) is 3.98. The number of anilines is 1. The molecule has 0 aliphatic rings. The fraction of sp³-hybridized carbons (Fsp3) is 0.0769. The van der Waals surface area contributed by atoms with Crippen molar-refractivity contribution in [3.8, 4) is 22.5 Å². The lowest BCUT2D eigenvalue weighted by molar-refractivity contribution is 0.881. The maximum absolute atomic E-state index is 4.71. The molecule has 0 amide bonds. The van der Waals surface area contributed by atoms with E-state index >= 15 is 0 Å². The molecule has 0 saturated heterocycles. The number of aromatic nitrogens is 5. The number of para-hydroxylation sites is 1. The number of allylic oxidation sites excluding steroid dienone is 1. The first kappa shape index (κ1) is 19.6. The number of H-pyrrole nitrogens is 1. The summed E-state index contributed by atoms with van der Waals surface area (Å²) < 4.78 is 0. The Morgan fingerprint density at radius 2 is 1.69 bits per heavy atom. The largest absolute Gasteiger partial charge is 0.380 e. The van der Waals surface area contributed by atoms with Crippen LogP contribution in [0.2, 0.25) is 0 Å². The number of benzene rings is 3. The van der Waals surface area contributed by atoms with Crippen LogP contribution in [0.4, 0.5) is 5.69 Å². The number of tetrazole rings is 1. The summed E-state index contributed by atoms with van der Waals surface area (Å²) in [5, 5.41) is 19.2. The maximum atomic E-state index is 4.71. The summed E-state index contributed by atoms with van der Waals surface area (Å²) in [6.45, 7) is 2.72. The first-order valence-electron chi connectivity index (χ1n) is 10.5. The zero-order chi connectivity index (χ0) is 21.8. The van der Waals surface area contributed by atoms with Crippen LogP contribution in [0.25, 0.3) is 39.5 Å². The summed E-state index contributed by atoms with van der Waals surface area (Å²) >= 11 is 0. The Labute approximate surface area is 186 Å². The molecule has 0 bridgehead atoms. The number of pyridine rings is 1. The number of nitrogens with zero attached hydrogens (tertiary/aromatic N) is 4. The van der Waals surface area contributed by atoms with Gasteiger partial charge in [-0.25, -0.2) is 4.98 Å². The van der Waals surface area contributed by atoms with Gasteiger partial charge >= 0.3 is 0 Å². The molecule has 0 unspecified atom stereocenters. The summed E-state index contributed by atoms with van der Waals surface area (Å²) in [6, 6.07) is 26.9. The van der Waals surface area contributed by atoms with E-state index in [2.05, 4.69) is 68.4 Å². The van der Waals surface area contributed by atoms with Crippen LogP contribution in [0.3, 0.4) is 0 Å². The van der Waals surface area contributed by atoms with Gasteiger partial charge in [0.1, 0.15) is 0 Å². The smallest absolute Gasteiger partial charge is 0.205 e. The van der Waals surface area contributed by atoms with Gasteiger partial charge in [-0.1, -0.05) is 72.8 Å². The molecular formula is C26H22N6. The normalized spacial score (nSPS) is 11.3. The van der Waals surface area contributed by atoms with Gasteiger partial charge in [-0.15, -0.1) is 10.2 Å². The van der Waals surface area contributed by atoms with Gasteiger partial charge in [-0.3, -0.25) is 0 Å². The van der Waals surface area contributed by atoms with E-state index in [1.165, 1.54) is 5.56 Å². The molecule has 32 heavy (non-hydrogen) atoms. The van der Waals surface area contributed by atoms with Crippen molar-refractivity contribution in [3.63, 3.8) is 0 Å². The first-order chi connectivity index (χ1) is 15.8. The molecule has 2 heterocycles. The maximum Gasteiger partial charge on any atom is 0.205 e. The predicted octanol–water partition coefficient (Wildman–Crippen LogP) is 5.73. The summed E-state index contributed by atoms with van der Waals surface area (Å²) in [7, 11) is 0. The third-order valence-electron chi connectivity index (χ3n) is 5.33. The molecule has 0 radical (unpaired) electrons. The van der Waals surface area contributed by atoms with Gasteiger partial charge in [-0.05, 0) is 47.0 Å². The molecule has 2 aromatic heterocycles. The minimum absolute atomic E-state index is 0.591. The number of aromatic amines is 1. The van der Waals surface area contributed by atoms with Crippen LogP contribution >= 0.6 is 0 Å². The highest BCUT2D eigenvalue weighted by molar-refractivity contribution is 5.92. The van der Waals surface area contributed by atoms with Gasteiger partial charge in [0, 0.05) is 23.2 Å². The summed E-state index contributed by atoms with van der Waals surface area (Å²) in [4.78, 5) is 4.71. The second kappa shape index (κ2) is 8.81. The molecule has 0 fully saturated rings. The van der Waals surface area contributed by atoms with Gasteiger partial charge in [-0.2, -0.15) is 5.21 Å². The van der Waals surface area contributed by atoms with Crippen LogP contribution in [0, 0.1) is 0 Å². The average molecular weight is 419 g/mol. The topological polar surface area (TPSA) is 79.4 Å². The quantitative estimate of drug-likeness (QED) is 0.368. The Kier molecular flexibility index (Phi) is 5.41. The standard InChI is InChI=1S/C26H22N6/c1-2-7-20-16-25(23-10-5-6-11-24(23)28-20)27-17-18-12-14-19(15-13-18)21-8-3-4-9-22(21)26-29-31-32-30-26/h2-16H,17H2,1H3,(H,27,28)(H,29,30,31,32). The Hall–Kier alpha value is -4.32. The Bertz CT molecular complexity index is 1370. The summed E-state index contributed by atoms with van der Waals surface area (Å²) in [6.07, 6.45) is 4.03. The molecule has 6 heteroatoms. The average Bonchev–Trinajstić information content (AvgIpc) is 3.38. The van der Waals surface area contributed by atoms with E-state index in [1.54, 1.807) is 0 Å². The van der Waals surface area contributed by atoms with Crippen molar-refractivity contribution in [2.24, 2.45) is 0 Å². The number of fused-ring (bicyclic) bond motifs is 1. The molecule has 156 valence electrons. The van der Waals surface area contributed by atoms with Crippen LogP contribution in [0.1, 0.15) is 18.2 Å². The second-order valence-corrected chi connectivity index (χ2v) is 7.44. The zero-order valence-corrected chi connectivity index (χ0v) is 17.7. The lowest BCUT2D eigenvalue weighted by atomic mass is 9.98. The van der Waals surface area contributed by atoms with E-state index < -0.39 is 0 Å². The SMILES string of the molecule is CC=Cc1cc(NCc2ccc(-c3ccccc3-c3nn[nH]n3)cc2)c2ccccc2n1. The number of nitrogens with one attached hydrogen (secondary N) is 2. The zero-order valence-electron chi connectivity index (χ0n) is 17.7. The van der Waals surface area contributed by atoms with Crippen LogP contribution in [0.15, 0.2) is 84.9 Å². The summed E-state index contributed by atoms with van der Waals surface area (Å²) in [5.74, 6) is 0.591. The third-order valence-corrected chi connectivity index (χ3v) is 5.33. The first-order valence-corrected chi connectivity index (χ1v) is 10.5. The lowest BCUT2D eigenvalue weighted by Gasteiger charge is -2.12. The lowest BCUT2D eigenvalue weighted by Crippen LogP contribution is -2.01. The fourth-order valence-corrected chi connectivity index (χ4v) is 3.80. The van der Waals surface area contributed by atoms with E-state index in [1.807, 2.05) is 55.5 Å². The van der Waals surface area contributed by atoms with Crippen molar-refractivity contribution in [3.05, 3.63) is 96.2 Å². The molecule has 0 atom stereocenters. The Morgan fingerprint density at radius 1 is 0.906 bits per heavy atom. The second-order valence-electron chi connectivity index (χ2n) is 7.44. The highest BCUT2D eigenvalue weighted by atomic mass is 15.5. The van der Waals surface area contributed by atoms with E-state index in [-0.39, 0.29) is 0 Å². The van der Waals surface area contributed by atoms with Gasteiger partial charge in [0.05, 0.1) is 11.2 Å². The Morgan fingerprint density at radius 3 is 2.47 bits per heavy atom. The minimum Gasteiger partial charge on any atom is -0.380 e. The molecule has 3 aromatic carbocycles. The number of rotatable bonds is 6. The molecule has 5 rings (SSSR count). The van der Waals surface area contributed by atoms with Gasteiger partial charge in [0.15, 0.2) is 0 Å². The van der Waals surface area contributed by atoms with Crippen molar-refractivity contribution >= 4 is 22.7 Å². The van der Waals surface area contributed by atoms with Gasteiger partial charge in [0.2, 0.25) is 5.82 Å². The van der Waals surface area contributed by atoms with Crippen molar-refractivity contribution < 1.29 is 0 Å². The molecule has 0 aliphatic heterocycles. The minimum atomic E-state index is 0.591. The van der Waals surface area contributed by atoms with Crippen LogP contribution < -0.4 is 5.32 Å². The highest BCUT2D eigenvalue weighted by Gasteiger charge is 2.10. The molecule has 0 aliphatic carbocycles. The molecular weight excluding hydrogens is 396 g/mol. The molecule has 0 saturated carbocycles. The van der Waals surface area contributed by atoms with Crippen molar-refractivity contribution in [2.75, 3.05) is 5.32 Å². The van der Waals surface area contributed by atoms with Crippen molar-refractivity contribution in [1.82, 2.24) is 25.6 Å². The van der Waals surface area contributed by atoms with Crippen molar-refractivity contribution in [1.29, 1.82) is 0 Å². The summed E-state index contributed by atoms with van der Waals surface area (Å²) in [5.41, 5.74) is 7.34. The van der Waals surface area contributed by atoms with Crippen LogP contribution in [0.5, 0.6) is 0 Å². The van der Waals surface area contributed by atoms with E-state index in [9.17, 15) is 0 Å². The van der Waals surface area contributed by atoms with E-state index in [0.717, 1.165) is 45.5 Å². The van der Waals surface area contributed by atoms with Crippen LogP contribution in [-0.2, 0) is 6.54 Å². The van der Waals surface area contributed by atoms with Gasteiger partial charge < -0.3 is 5.32 Å². The van der Waals surface area contributed by atoms with Crippen molar-refractivity contribution in [2.45, 2.75) is 13.5 Å². The molecule has 5 aromatic rings. The van der Waals surface area contributed by atoms with Gasteiger partial charge in [0.25, 0.3) is 0 Å². The van der Waals surface area contributed by atoms with E-state index in [4.69, 9.17) is 4.98 Å². The predicted molar refractivity (Wildman–Crippen MR) is 129 cm³/mol. The fourth-order valence-electron chi connectivity index (χ4n) is 3.80. The number of hydrogen-bond acceptors (Lipinski definition) is 5. The highest BCUT2D eigenvalue weighted by Crippen LogP contribution is 2.30. The van der Waals surface area contributed by atoms with E-state index in [0.29, 0.717) is 5.82 Å². The number of hydrogen-bond donors (Lipinski definition) is 2. The monoisotopic (exact) mass is 418 g/mol.